The van der Waals surface area contributed by atoms with Gasteiger partial charge in [-0.1, -0.05) is 58.5 Å². The predicted octanol–water partition coefficient (Wildman–Crippen LogP) is 6.97. The molecule has 1 aliphatic carbocycles. The minimum atomic E-state index is -0.394. The van der Waals surface area contributed by atoms with Crippen LogP contribution in [0, 0.1) is 12.8 Å². The summed E-state index contributed by atoms with van der Waals surface area (Å²) in [6.45, 7) is 4.01. The highest BCUT2D eigenvalue weighted by molar-refractivity contribution is 6.42. The summed E-state index contributed by atoms with van der Waals surface area (Å²) >= 11 is 25.1. The molecule has 0 bridgehead atoms. The zero-order valence-electron chi connectivity index (χ0n) is 23.7. The van der Waals surface area contributed by atoms with Gasteiger partial charge in [0.25, 0.3) is 5.91 Å². The Kier molecular flexibility index (Phi) is 10.6. The summed E-state index contributed by atoms with van der Waals surface area (Å²) in [5.74, 6) is 0.396. The minimum Gasteiger partial charge on any atom is -0.490 e. The number of carbonyl (C=O) groups is 2. The van der Waals surface area contributed by atoms with Gasteiger partial charge in [0.1, 0.15) is 19.0 Å². The molecule has 0 spiro atoms. The number of ether oxygens (including phenoxy) is 2. The topological polar surface area (TPSA) is 79.9 Å². The van der Waals surface area contributed by atoms with E-state index in [0.29, 0.717) is 63.2 Å². The highest BCUT2D eigenvalue weighted by atomic mass is 35.5. The number of nitrogens with zero attached hydrogens (tertiary/aromatic N) is 1. The molecule has 0 radical (unpaired) electrons. The van der Waals surface area contributed by atoms with Crippen LogP contribution >= 0.6 is 46.4 Å². The molecule has 0 aromatic heterocycles. The Morgan fingerprint density at radius 3 is 2.33 bits per heavy atom. The van der Waals surface area contributed by atoms with Crippen molar-refractivity contribution in [2.24, 2.45) is 5.92 Å². The molecule has 2 atom stereocenters. The van der Waals surface area contributed by atoms with Crippen molar-refractivity contribution in [3.8, 4) is 11.5 Å². The Bertz CT molecular complexity index is 1440. The number of hydrogen-bond acceptors (Lipinski definition) is 5. The normalized spacial score (nSPS) is 18.2. The van der Waals surface area contributed by atoms with E-state index in [-0.39, 0.29) is 37.1 Å². The van der Waals surface area contributed by atoms with E-state index >= 15 is 0 Å². The van der Waals surface area contributed by atoms with Crippen LogP contribution in [0.1, 0.15) is 40.7 Å². The van der Waals surface area contributed by atoms with Crippen LogP contribution in [0.3, 0.4) is 0 Å². The molecule has 2 aliphatic rings. The van der Waals surface area contributed by atoms with Crippen molar-refractivity contribution >= 4 is 58.2 Å². The van der Waals surface area contributed by atoms with E-state index in [2.05, 4.69) is 10.6 Å². The molecule has 1 saturated heterocycles. The molecule has 5 rings (SSSR count). The third kappa shape index (κ3) is 8.08. The second-order valence-corrected chi connectivity index (χ2v) is 12.5. The van der Waals surface area contributed by atoms with Gasteiger partial charge in [-0.15, -0.1) is 0 Å². The molecule has 2 amide bonds. The van der Waals surface area contributed by atoms with E-state index in [1.165, 1.54) is 0 Å². The highest BCUT2D eigenvalue weighted by Gasteiger charge is 2.40. The predicted molar refractivity (Wildman–Crippen MR) is 171 cm³/mol. The van der Waals surface area contributed by atoms with Gasteiger partial charge in [0.05, 0.1) is 26.0 Å². The molecule has 2 N–H and O–H groups in total. The van der Waals surface area contributed by atoms with Crippen molar-refractivity contribution in [1.29, 1.82) is 0 Å². The standard InChI is InChI=1S/C32H33Cl4N3O4/c1-19-15-26(34)30(27(35)16-19)43-14-13-42-23-9-5-20(6-10-23)31(40)38-28-11-12-37-17-24(28)32(41)39(22-7-8-22)18-21-3-2-4-25(33)29(21)36/h2-6,9-10,15-16,22,24,28,37H,7-8,11-14,17-18H2,1H3,(H,38,40)/t24?,28-/m0/s1. The fourth-order valence-corrected chi connectivity index (χ4v) is 6.30. The van der Waals surface area contributed by atoms with Gasteiger partial charge in [-0.25, -0.2) is 0 Å². The molecule has 7 nitrogen and oxygen atoms in total. The quantitative estimate of drug-likeness (QED) is 0.217. The van der Waals surface area contributed by atoms with Crippen molar-refractivity contribution in [1.82, 2.24) is 15.5 Å². The van der Waals surface area contributed by atoms with Gasteiger partial charge in [0, 0.05) is 30.7 Å². The van der Waals surface area contributed by atoms with E-state index in [0.717, 1.165) is 24.0 Å². The van der Waals surface area contributed by atoms with Crippen LogP contribution in [-0.2, 0) is 11.3 Å². The fourth-order valence-electron chi connectivity index (χ4n) is 5.21. The SMILES string of the molecule is Cc1cc(Cl)c(OCCOc2ccc(C(=O)N[C@H]3CCNCC3C(=O)N(Cc3cccc(Cl)c3Cl)C3CC3)cc2)c(Cl)c1. The maximum Gasteiger partial charge on any atom is 0.251 e. The Balaban J connectivity index is 1.16. The zero-order chi connectivity index (χ0) is 30.5. The molecular formula is C32H33Cl4N3O4. The molecule has 43 heavy (non-hydrogen) atoms. The number of carbonyl (C=O) groups excluding carboxylic acids is 2. The summed E-state index contributed by atoms with van der Waals surface area (Å²) in [7, 11) is 0. The summed E-state index contributed by atoms with van der Waals surface area (Å²) in [5.41, 5.74) is 2.25. The van der Waals surface area contributed by atoms with Crippen LogP contribution in [0.4, 0.5) is 0 Å². The summed E-state index contributed by atoms with van der Waals surface area (Å²) in [4.78, 5) is 28.9. The number of hydrogen-bond donors (Lipinski definition) is 2. The van der Waals surface area contributed by atoms with Gasteiger partial charge in [-0.3, -0.25) is 9.59 Å². The van der Waals surface area contributed by atoms with Crippen LogP contribution in [0.2, 0.25) is 20.1 Å². The van der Waals surface area contributed by atoms with Crippen LogP contribution in [-0.4, -0.2) is 55.1 Å². The molecule has 1 aliphatic heterocycles. The molecular weight excluding hydrogens is 632 g/mol. The van der Waals surface area contributed by atoms with Crippen LogP contribution < -0.4 is 20.1 Å². The molecule has 3 aromatic carbocycles. The number of amides is 2. The van der Waals surface area contributed by atoms with E-state index < -0.39 is 5.92 Å². The Morgan fingerprint density at radius 2 is 1.63 bits per heavy atom. The monoisotopic (exact) mass is 663 g/mol. The van der Waals surface area contributed by atoms with Crippen LogP contribution in [0.5, 0.6) is 11.5 Å². The molecule has 1 heterocycles. The third-order valence-electron chi connectivity index (χ3n) is 7.62. The number of nitrogens with one attached hydrogen (secondary N) is 2. The number of benzene rings is 3. The summed E-state index contributed by atoms with van der Waals surface area (Å²) in [6, 6.07) is 15.8. The zero-order valence-corrected chi connectivity index (χ0v) is 26.7. The number of aryl methyl sites for hydroxylation is 1. The smallest absolute Gasteiger partial charge is 0.251 e. The van der Waals surface area contributed by atoms with Gasteiger partial charge in [-0.2, -0.15) is 0 Å². The van der Waals surface area contributed by atoms with Crippen molar-refractivity contribution < 1.29 is 19.1 Å². The molecule has 1 unspecified atom stereocenters. The maximum absolute atomic E-state index is 13.8. The lowest BCUT2D eigenvalue weighted by Gasteiger charge is -2.36. The average Bonchev–Trinajstić information content (AvgIpc) is 3.83. The summed E-state index contributed by atoms with van der Waals surface area (Å²) in [6.07, 6.45) is 2.55. The molecule has 1 saturated carbocycles. The molecule has 3 aromatic rings. The van der Waals surface area contributed by atoms with E-state index in [1.54, 1.807) is 42.5 Å². The van der Waals surface area contributed by atoms with Gasteiger partial charge < -0.3 is 25.0 Å². The minimum absolute atomic E-state index is 0.00946. The second kappa shape index (κ2) is 14.4. The Labute approximate surface area is 271 Å². The second-order valence-electron chi connectivity index (χ2n) is 10.9. The van der Waals surface area contributed by atoms with Gasteiger partial charge in [-0.05, 0) is 86.3 Å². The van der Waals surface area contributed by atoms with Gasteiger partial charge >= 0.3 is 0 Å². The average molecular weight is 665 g/mol. The lowest BCUT2D eigenvalue weighted by atomic mass is 9.91. The highest BCUT2D eigenvalue weighted by Crippen LogP contribution is 2.35. The van der Waals surface area contributed by atoms with Crippen molar-refractivity contribution in [3.63, 3.8) is 0 Å². The first-order chi connectivity index (χ1) is 20.7. The number of piperidine rings is 1. The van der Waals surface area contributed by atoms with Crippen molar-refractivity contribution in [3.05, 3.63) is 91.4 Å². The largest absolute Gasteiger partial charge is 0.490 e. The summed E-state index contributed by atoms with van der Waals surface area (Å²) in [5, 5.41) is 8.26. The van der Waals surface area contributed by atoms with E-state index in [1.807, 2.05) is 24.0 Å². The van der Waals surface area contributed by atoms with Gasteiger partial charge in [0.2, 0.25) is 5.91 Å². The fraction of sp³-hybridized carbons (Fsp3) is 0.375. The van der Waals surface area contributed by atoms with Crippen LogP contribution in [0.25, 0.3) is 0 Å². The lowest BCUT2D eigenvalue weighted by Crippen LogP contribution is -2.55. The number of halogens is 4. The first kappa shape index (κ1) is 31.7. The first-order valence-corrected chi connectivity index (χ1v) is 15.8. The van der Waals surface area contributed by atoms with Crippen molar-refractivity contribution in [2.75, 3.05) is 26.3 Å². The first-order valence-electron chi connectivity index (χ1n) is 14.3. The van der Waals surface area contributed by atoms with E-state index in [4.69, 9.17) is 55.9 Å². The molecule has 228 valence electrons. The van der Waals surface area contributed by atoms with Gasteiger partial charge in [0.15, 0.2) is 5.75 Å². The Morgan fingerprint density at radius 1 is 0.930 bits per heavy atom. The van der Waals surface area contributed by atoms with Crippen LogP contribution in [0.15, 0.2) is 54.6 Å². The molecule has 2 fully saturated rings. The maximum atomic E-state index is 13.8. The Hall–Kier alpha value is -2.68. The molecule has 11 heteroatoms. The lowest BCUT2D eigenvalue weighted by molar-refractivity contribution is -0.138. The summed E-state index contributed by atoms with van der Waals surface area (Å²) < 4.78 is 11.5. The number of rotatable bonds is 11. The third-order valence-corrected chi connectivity index (χ3v) is 9.04. The van der Waals surface area contributed by atoms with E-state index in [9.17, 15) is 9.59 Å². The van der Waals surface area contributed by atoms with Crippen molar-refractivity contribution in [2.45, 2.75) is 44.8 Å².